The summed E-state index contributed by atoms with van der Waals surface area (Å²) < 4.78 is 32.6. The van der Waals surface area contributed by atoms with Crippen molar-refractivity contribution in [3.63, 3.8) is 0 Å². The molecule has 162 valence electrons. The van der Waals surface area contributed by atoms with Gasteiger partial charge in [0.05, 0.1) is 0 Å². The minimum Gasteiger partial charge on any atom is -0.455 e. The largest absolute Gasteiger partial charge is 0.455 e. The van der Waals surface area contributed by atoms with E-state index in [2.05, 4.69) is 20.5 Å². The molecule has 1 aromatic carbocycles. The van der Waals surface area contributed by atoms with Gasteiger partial charge < -0.3 is 9.73 Å². The fourth-order valence-corrected chi connectivity index (χ4v) is 5.45. The molecule has 2 N–H and O–H groups in total. The van der Waals surface area contributed by atoms with Crippen LogP contribution < -0.4 is 5.32 Å². The Hall–Kier alpha value is -2.98. The lowest BCUT2D eigenvalue weighted by molar-refractivity contribution is 0.0995. The number of furan rings is 1. The number of aryl methyl sites for hydroxylation is 1. The molecule has 1 saturated carbocycles. The number of aromatic nitrogens is 3. The molecule has 1 aliphatic carbocycles. The van der Waals surface area contributed by atoms with Gasteiger partial charge in [-0.05, 0) is 44.7 Å². The Morgan fingerprint density at radius 2 is 2.00 bits per heavy atom. The van der Waals surface area contributed by atoms with Gasteiger partial charge in [-0.3, -0.25) is 9.89 Å². The number of hydrogen-bond acceptors (Lipinski definition) is 6. The molecule has 1 saturated heterocycles. The van der Waals surface area contributed by atoms with Crippen molar-refractivity contribution in [3.05, 3.63) is 47.7 Å². The molecule has 2 aromatic heterocycles. The summed E-state index contributed by atoms with van der Waals surface area (Å²) in [4.78, 5) is 17.3. The summed E-state index contributed by atoms with van der Waals surface area (Å²) in [5.41, 5.74) is 1.31. The molecule has 3 heterocycles. The highest BCUT2D eigenvalue weighted by Gasteiger charge is 2.32. The van der Waals surface area contributed by atoms with Gasteiger partial charge in [0, 0.05) is 36.3 Å². The highest BCUT2D eigenvalue weighted by atomic mass is 32.2. The molecule has 1 amide bonds. The fourth-order valence-electron chi connectivity index (χ4n) is 3.77. The normalized spacial score (nSPS) is 17.2. The summed E-state index contributed by atoms with van der Waals surface area (Å²) in [6.45, 7) is 2.54. The summed E-state index contributed by atoms with van der Waals surface area (Å²) in [5.74, 6) is 1.58. The average Bonchev–Trinajstić information content (AvgIpc) is 3.17. The van der Waals surface area contributed by atoms with Crippen LogP contribution in [0.4, 0.5) is 5.69 Å². The first-order valence-corrected chi connectivity index (χ1v) is 11.8. The minimum absolute atomic E-state index is 0.0432. The monoisotopic (exact) mass is 441 g/mol. The van der Waals surface area contributed by atoms with Gasteiger partial charge in [-0.15, -0.1) is 0 Å². The number of benzene rings is 1. The zero-order valence-corrected chi connectivity index (χ0v) is 17.9. The Bertz CT molecular complexity index is 1240. The first-order valence-electron chi connectivity index (χ1n) is 10.4. The average molecular weight is 442 g/mol. The van der Waals surface area contributed by atoms with Crippen molar-refractivity contribution in [3.8, 4) is 11.4 Å². The number of H-pyrrole nitrogens is 1. The van der Waals surface area contributed by atoms with Gasteiger partial charge in [0.2, 0.25) is 10.0 Å². The van der Waals surface area contributed by atoms with Crippen LogP contribution in [0.15, 0.2) is 39.6 Å². The van der Waals surface area contributed by atoms with Gasteiger partial charge in [-0.25, -0.2) is 13.4 Å². The van der Waals surface area contributed by atoms with E-state index in [1.54, 1.807) is 25.1 Å². The van der Waals surface area contributed by atoms with E-state index in [0.29, 0.717) is 30.5 Å². The second-order valence-corrected chi connectivity index (χ2v) is 9.90. The molecule has 9 nitrogen and oxygen atoms in total. The molecular weight excluding hydrogens is 418 g/mol. The molecule has 0 unspecified atom stereocenters. The third-order valence-electron chi connectivity index (χ3n) is 5.62. The van der Waals surface area contributed by atoms with Crippen LogP contribution in [0.2, 0.25) is 0 Å². The van der Waals surface area contributed by atoms with Gasteiger partial charge in [-0.2, -0.15) is 9.40 Å². The van der Waals surface area contributed by atoms with Crippen molar-refractivity contribution in [2.45, 2.75) is 43.4 Å². The van der Waals surface area contributed by atoms with Crippen LogP contribution in [0.5, 0.6) is 0 Å². The van der Waals surface area contributed by atoms with E-state index >= 15 is 0 Å². The molecule has 10 heteroatoms. The predicted molar refractivity (Wildman–Crippen MR) is 113 cm³/mol. The van der Waals surface area contributed by atoms with E-state index in [-0.39, 0.29) is 16.4 Å². The minimum atomic E-state index is -3.66. The number of aromatic amines is 1. The van der Waals surface area contributed by atoms with Crippen LogP contribution >= 0.6 is 0 Å². The third kappa shape index (κ3) is 3.88. The molecule has 0 atom stereocenters. The number of rotatable bonds is 6. The molecule has 0 bridgehead atoms. The topological polar surface area (TPSA) is 121 Å². The lowest BCUT2D eigenvalue weighted by atomic mass is 10.2. The first kappa shape index (κ1) is 20.0. The lowest BCUT2D eigenvalue weighted by Crippen LogP contribution is -2.28. The second kappa shape index (κ2) is 7.61. The second-order valence-electron chi connectivity index (χ2n) is 8.00. The van der Waals surface area contributed by atoms with E-state index in [9.17, 15) is 13.2 Å². The molecule has 5 rings (SSSR count). The highest BCUT2D eigenvalue weighted by Crippen LogP contribution is 2.38. The number of amides is 1. The zero-order valence-electron chi connectivity index (χ0n) is 17.1. The molecule has 1 aliphatic heterocycles. The Balaban J connectivity index is 1.34. The fraction of sp³-hybridized carbons (Fsp3) is 0.381. The molecule has 2 aliphatic rings. The van der Waals surface area contributed by atoms with Crippen LogP contribution in [-0.2, 0) is 10.0 Å². The predicted octanol–water partition coefficient (Wildman–Crippen LogP) is 3.29. The Kier molecular flexibility index (Phi) is 4.90. The standard InChI is InChI=1S/C21H23N5O4S/c1-13-18(31(28,29)26-9-2-3-10-26)12-17(30-13)21(27)22-16-6-4-5-15(11-16)20-23-19(24-25-20)14-7-8-14/h4-6,11-12,14H,2-3,7-10H2,1H3,(H,22,27)(H,23,24,25). The smallest absolute Gasteiger partial charge is 0.291 e. The van der Waals surface area contributed by atoms with Crippen molar-refractivity contribution in [2.75, 3.05) is 18.4 Å². The van der Waals surface area contributed by atoms with Crippen molar-refractivity contribution < 1.29 is 17.6 Å². The maximum Gasteiger partial charge on any atom is 0.291 e. The van der Waals surface area contributed by atoms with Crippen LogP contribution in [0.25, 0.3) is 11.4 Å². The molecule has 3 aromatic rings. The summed E-state index contributed by atoms with van der Waals surface area (Å²) in [6.07, 6.45) is 3.94. The highest BCUT2D eigenvalue weighted by molar-refractivity contribution is 7.89. The number of carbonyl (C=O) groups excluding carboxylic acids is 1. The van der Waals surface area contributed by atoms with E-state index in [1.165, 1.54) is 10.4 Å². The Labute approximate surface area is 179 Å². The molecule has 2 fully saturated rings. The number of nitrogens with one attached hydrogen (secondary N) is 2. The van der Waals surface area contributed by atoms with Crippen LogP contribution in [0.1, 0.15) is 53.7 Å². The van der Waals surface area contributed by atoms with Gasteiger partial charge in [-0.1, -0.05) is 12.1 Å². The van der Waals surface area contributed by atoms with E-state index in [0.717, 1.165) is 37.1 Å². The van der Waals surface area contributed by atoms with Crippen molar-refractivity contribution >= 4 is 21.6 Å². The van der Waals surface area contributed by atoms with Gasteiger partial charge >= 0.3 is 0 Å². The summed E-state index contributed by atoms with van der Waals surface area (Å²) in [6, 6.07) is 8.49. The molecule has 0 radical (unpaired) electrons. The van der Waals surface area contributed by atoms with E-state index in [4.69, 9.17) is 4.42 Å². The maximum absolute atomic E-state index is 12.8. The van der Waals surface area contributed by atoms with Crippen molar-refractivity contribution in [2.24, 2.45) is 0 Å². The number of hydrogen-bond donors (Lipinski definition) is 2. The third-order valence-corrected chi connectivity index (χ3v) is 7.63. The van der Waals surface area contributed by atoms with Crippen LogP contribution in [0.3, 0.4) is 0 Å². The summed E-state index contributed by atoms with van der Waals surface area (Å²) in [7, 11) is -3.66. The number of anilines is 1. The SMILES string of the molecule is Cc1oc(C(=O)Nc2cccc(-c3n[nH]c(C4CC4)n3)c2)cc1S(=O)(=O)N1CCCC1. The van der Waals surface area contributed by atoms with Gasteiger partial charge in [0.1, 0.15) is 16.5 Å². The molecular formula is C21H23N5O4S. The Morgan fingerprint density at radius 1 is 1.23 bits per heavy atom. The van der Waals surface area contributed by atoms with Gasteiger partial charge in [0.25, 0.3) is 5.91 Å². The van der Waals surface area contributed by atoms with E-state index in [1.807, 2.05) is 6.07 Å². The lowest BCUT2D eigenvalue weighted by Gasteiger charge is -2.14. The first-order chi connectivity index (χ1) is 14.9. The van der Waals surface area contributed by atoms with Crippen LogP contribution in [0, 0.1) is 6.92 Å². The number of sulfonamides is 1. The zero-order chi connectivity index (χ0) is 21.6. The van der Waals surface area contributed by atoms with E-state index < -0.39 is 15.9 Å². The summed E-state index contributed by atoms with van der Waals surface area (Å²) >= 11 is 0. The number of carbonyl (C=O) groups is 1. The quantitative estimate of drug-likeness (QED) is 0.605. The maximum atomic E-state index is 12.8. The van der Waals surface area contributed by atoms with Gasteiger partial charge in [0.15, 0.2) is 11.6 Å². The van der Waals surface area contributed by atoms with Crippen molar-refractivity contribution in [1.29, 1.82) is 0 Å². The molecule has 31 heavy (non-hydrogen) atoms. The Morgan fingerprint density at radius 3 is 2.74 bits per heavy atom. The van der Waals surface area contributed by atoms with Crippen molar-refractivity contribution in [1.82, 2.24) is 19.5 Å². The molecule has 0 spiro atoms. The van der Waals surface area contributed by atoms with Crippen LogP contribution in [-0.4, -0.2) is 46.9 Å². The number of nitrogens with zero attached hydrogens (tertiary/aromatic N) is 3. The summed E-state index contributed by atoms with van der Waals surface area (Å²) in [5, 5.41) is 10.0.